The standard InChI is InChI=1S/C47H32N4O/c1-47(2)37-24-10-9-21-34(37)41-36(23-13-25-38(41)47)45-50-43(33-20-11-19-32(28-33)29-14-5-3-6-15-29)49-44(51-45)35-22-12-18-30-26-27-39-42(40(30)35)52-46(48-39)31-16-7-4-8-17-31/h3-28H,1-2H3. The fourth-order valence-electron chi connectivity index (χ4n) is 7.80. The van der Waals surface area contributed by atoms with E-state index in [4.69, 9.17) is 24.4 Å². The van der Waals surface area contributed by atoms with Crippen molar-refractivity contribution in [2.75, 3.05) is 0 Å². The van der Waals surface area contributed by atoms with Crippen LogP contribution in [0.3, 0.4) is 0 Å². The molecule has 7 aromatic carbocycles. The predicted octanol–water partition coefficient (Wildman–Crippen LogP) is 11.8. The third kappa shape index (κ3) is 4.78. The highest BCUT2D eigenvalue weighted by Crippen LogP contribution is 2.51. The Bertz CT molecular complexity index is 2820. The number of benzene rings is 7. The van der Waals surface area contributed by atoms with Gasteiger partial charge >= 0.3 is 0 Å². The van der Waals surface area contributed by atoms with Gasteiger partial charge in [-0.2, -0.15) is 0 Å². The van der Waals surface area contributed by atoms with Gasteiger partial charge in [0.25, 0.3) is 0 Å². The average molecular weight is 669 g/mol. The Morgan fingerprint density at radius 3 is 1.87 bits per heavy atom. The molecular weight excluding hydrogens is 637 g/mol. The smallest absolute Gasteiger partial charge is 0.227 e. The van der Waals surface area contributed by atoms with E-state index in [0.717, 1.165) is 49.7 Å². The van der Waals surface area contributed by atoms with Crippen molar-refractivity contribution in [1.82, 2.24) is 19.9 Å². The van der Waals surface area contributed by atoms with Gasteiger partial charge in [-0.1, -0.05) is 147 Å². The van der Waals surface area contributed by atoms with Crippen molar-refractivity contribution >= 4 is 21.9 Å². The number of rotatable bonds is 5. The predicted molar refractivity (Wildman–Crippen MR) is 210 cm³/mol. The number of hydrogen-bond acceptors (Lipinski definition) is 5. The van der Waals surface area contributed by atoms with Crippen molar-refractivity contribution in [3.8, 4) is 67.9 Å². The monoisotopic (exact) mass is 668 g/mol. The van der Waals surface area contributed by atoms with Crippen molar-refractivity contribution in [1.29, 1.82) is 0 Å². The van der Waals surface area contributed by atoms with Gasteiger partial charge in [-0.15, -0.1) is 0 Å². The van der Waals surface area contributed by atoms with Gasteiger partial charge < -0.3 is 4.42 Å². The lowest BCUT2D eigenvalue weighted by Gasteiger charge is -2.21. The number of fused-ring (bicyclic) bond motifs is 6. The van der Waals surface area contributed by atoms with Gasteiger partial charge in [0.1, 0.15) is 5.52 Å². The summed E-state index contributed by atoms with van der Waals surface area (Å²) in [6.45, 7) is 4.59. The highest BCUT2D eigenvalue weighted by molar-refractivity contribution is 6.10. The summed E-state index contributed by atoms with van der Waals surface area (Å²) in [5, 5.41) is 1.94. The fourth-order valence-corrected chi connectivity index (χ4v) is 7.80. The molecule has 2 aromatic heterocycles. The molecule has 0 aliphatic heterocycles. The Morgan fingerprint density at radius 2 is 1.04 bits per heavy atom. The maximum absolute atomic E-state index is 6.56. The van der Waals surface area contributed by atoms with Gasteiger partial charge in [-0.05, 0) is 63.0 Å². The Balaban J connectivity index is 1.24. The van der Waals surface area contributed by atoms with E-state index in [1.807, 2.05) is 42.5 Å². The summed E-state index contributed by atoms with van der Waals surface area (Å²) in [6, 6.07) is 54.4. The SMILES string of the molecule is CC1(C)c2ccccc2-c2c(-c3nc(-c4cccc(-c5ccccc5)c4)nc(-c4cccc5ccc6nc(-c7ccccc7)oc6c45)n3)cccc21. The molecule has 2 heterocycles. The molecular formula is C47H32N4O. The molecule has 0 fully saturated rings. The Morgan fingerprint density at radius 1 is 0.442 bits per heavy atom. The summed E-state index contributed by atoms with van der Waals surface area (Å²) in [7, 11) is 0. The molecule has 0 saturated carbocycles. The van der Waals surface area contributed by atoms with Crippen LogP contribution in [-0.2, 0) is 5.41 Å². The van der Waals surface area contributed by atoms with Gasteiger partial charge in [-0.3, -0.25) is 0 Å². The molecule has 9 aromatic rings. The molecule has 0 amide bonds. The van der Waals surface area contributed by atoms with Gasteiger partial charge in [0, 0.05) is 33.1 Å². The van der Waals surface area contributed by atoms with E-state index < -0.39 is 0 Å². The lowest BCUT2D eigenvalue weighted by atomic mass is 9.82. The first kappa shape index (κ1) is 30.1. The first-order chi connectivity index (χ1) is 25.5. The van der Waals surface area contributed by atoms with E-state index in [1.54, 1.807) is 0 Å². The Hall–Kier alpha value is -6.72. The first-order valence-electron chi connectivity index (χ1n) is 17.6. The normalized spacial score (nSPS) is 13.0. The molecule has 5 nitrogen and oxygen atoms in total. The minimum Gasteiger partial charge on any atom is -0.435 e. The molecule has 0 unspecified atom stereocenters. The van der Waals surface area contributed by atoms with Crippen LogP contribution in [0.1, 0.15) is 25.0 Å². The summed E-state index contributed by atoms with van der Waals surface area (Å²) in [5.41, 5.74) is 12.2. The molecule has 0 spiro atoms. The Kier molecular flexibility index (Phi) is 6.77. The number of oxazole rings is 1. The van der Waals surface area contributed by atoms with E-state index in [-0.39, 0.29) is 5.41 Å². The zero-order valence-electron chi connectivity index (χ0n) is 28.7. The fraction of sp³-hybridized carbons (Fsp3) is 0.0638. The quantitative estimate of drug-likeness (QED) is 0.183. The van der Waals surface area contributed by atoms with Gasteiger partial charge in [0.2, 0.25) is 5.89 Å². The zero-order valence-corrected chi connectivity index (χ0v) is 28.7. The van der Waals surface area contributed by atoms with Crippen molar-refractivity contribution in [2.24, 2.45) is 0 Å². The molecule has 0 saturated heterocycles. The minimum absolute atomic E-state index is 0.158. The molecule has 0 bridgehead atoms. The van der Waals surface area contributed by atoms with Crippen LogP contribution in [0, 0.1) is 0 Å². The topological polar surface area (TPSA) is 64.7 Å². The van der Waals surface area contributed by atoms with E-state index in [1.165, 1.54) is 22.3 Å². The third-order valence-electron chi connectivity index (χ3n) is 10.4. The van der Waals surface area contributed by atoms with E-state index in [0.29, 0.717) is 28.9 Å². The van der Waals surface area contributed by atoms with Crippen LogP contribution in [-0.4, -0.2) is 19.9 Å². The van der Waals surface area contributed by atoms with Crippen LogP contribution in [0.5, 0.6) is 0 Å². The number of nitrogens with zero attached hydrogens (tertiary/aromatic N) is 4. The zero-order chi connectivity index (χ0) is 34.8. The van der Waals surface area contributed by atoms with Crippen LogP contribution in [0.2, 0.25) is 0 Å². The molecule has 1 aliphatic rings. The first-order valence-corrected chi connectivity index (χ1v) is 17.6. The minimum atomic E-state index is -0.158. The second kappa shape index (κ2) is 11.7. The highest BCUT2D eigenvalue weighted by atomic mass is 16.3. The number of aromatic nitrogens is 4. The van der Waals surface area contributed by atoms with Crippen molar-refractivity contribution in [3.63, 3.8) is 0 Å². The molecule has 0 N–H and O–H groups in total. The lowest BCUT2D eigenvalue weighted by molar-refractivity contribution is 0.623. The second-order valence-electron chi connectivity index (χ2n) is 13.9. The highest BCUT2D eigenvalue weighted by Gasteiger charge is 2.37. The molecule has 5 heteroatoms. The van der Waals surface area contributed by atoms with Crippen LogP contribution in [0.4, 0.5) is 0 Å². The molecule has 0 radical (unpaired) electrons. The summed E-state index contributed by atoms with van der Waals surface area (Å²) in [6.07, 6.45) is 0. The van der Waals surface area contributed by atoms with Crippen LogP contribution in [0.15, 0.2) is 162 Å². The van der Waals surface area contributed by atoms with E-state index >= 15 is 0 Å². The maximum Gasteiger partial charge on any atom is 0.227 e. The lowest BCUT2D eigenvalue weighted by Crippen LogP contribution is -2.14. The molecule has 1 aliphatic carbocycles. The number of hydrogen-bond donors (Lipinski definition) is 0. The van der Waals surface area contributed by atoms with Gasteiger partial charge in [0.05, 0.1) is 0 Å². The molecule has 246 valence electrons. The Labute approximate surface area is 301 Å². The third-order valence-corrected chi connectivity index (χ3v) is 10.4. The average Bonchev–Trinajstić information content (AvgIpc) is 3.75. The van der Waals surface area contributed by atoms with Crippen molar-refractivity contribution < 1.29 is 4.42 Å². The summed E-state index contributed by atoms with van der Waals surface area (Å²) >= 11 is 0. The van der Waals surface area contributed by atoms with Crippen LogP contribution in [0.25, 0.3) is 89.7 Å². The maximum atomic E-state index is 6.56. The van der Waals surface area contributed by atoms with Crippen LogP contribution < -0.4 is 0 Å². The molecule has 0 atom stereocenters. The van der Waals surface area contributed by atoms with Crippen LogP contribution >= 0.6 is 0 Å². The van der Waals surface area contributed by atoms with Gasteiger partial charge in [-0.25, -0.2) is 19.9 Å². The van der Waals surface area contributed by atoms with E-state index in [2.05, 4.69) is 129 Å². The van der Waals surface area contributed by atoms with Crippen molar-refractivity contribution in [2.45, 2.75) is 19.3 Å². The van der Waals surface area contributed by atoms with E-state index in [9.17, 15) is 0 Å². The molecule has 52 heavy (non-hydrogen) atoms. The summed E-state index contributed by atoms with van der Waals surface area (Å²) in [4.78, 5) is 20.7. The van der Waals surface area contributed by atoms with Gasteiger partial charge in [0.15, 0.2) is 23.1 Å². The second-order valence-corrected chi connectivity index (χ2v) is 13.9. The largest absolute Gasteiger partial charge is 0.435 e. The summed E-state index contributed by atoms with van der Waals surface area (Å²) in [5.74, 6) is 2.38. The van der Waals surface area contributed by atoms with Crippen molar-refractivity contribution in [3.05, 3.63) is 169 Å². The summed E-state index contributed by atoms with van der Waals surface area (Å²) < 4.78 is 6.56. The molecule has 10 rings (SSSR count).